The van der Waals surface area contributed by atoms with Crippen molar-refractivity contribution in [1.29, 1.82) is 0 Å². The van der Waals surface area contributed by atoms with E-state index in [0.29, 0.717) is 12.3 Å². The van der Waals surface area contributed by atoms with Crippen LogP contribution in [0, 0.1) is 5.82 Å². The lowest BCUT2D eigenvalue weighted by atomic mass is 10.1. The van der Waals surface area contributed by atoms with Crippen LogP contribution in [0.3, 0.4) is 0 Å². The molecule has 0 spiro atoms. The van der Waals surface area contributed by atoms with Crippen LogP contribution in [0.25, 0.3) is 0 Å². The van der Waals surface area contributed by atoms with Gasteiger partial charge in [-0.15, -0.1) is 0 Å². The number of benzene rings is 1. The highest BCUT2D eigenvalue weighted by Gasteiger charge is 2.14. The van der Waals surface area contributed by atoms with Gasteiger partial charge in [0.1, 0.15) is 11.6 Å². The Balaban J connectivity index is 2.02. The molecule has 0 unspecified atom stereocenters. The summed E-state index contributed by atoms with van der Waals surface area (Å²) in [7, 11) is 1.86. The van der Waals surface area contributed by atoms with Gasteiger partial charge in [0.25, 0.3) is 0 Å². The molecule has 0 amide bonds. The molecule has 0 bridgehead atoms. The maximum absolute atomic E-state index is 13.5. The topological polar surface area (TPSA) is 21.3 Å². The molecule has 0 aliphatic heterocycles. The third-order valence-corrected chi connectivity index (χ3v) is 3.42. The molecule has 18 heavy (non-hydrogen) atoms. The molecule has 1 aliphatic carbocycles. The smallest absolute Gasteiger partial charge is 0.127 e. The number of rotatable bonds is 4. The molecule has 0 radical (unpaired) electrons. The zero-order chi connectivity index (χ0) is 12.8. The van der Waals surface area contributed by atoms with E-state index in [1.807, 2.05) is 13.1 Å². The van der Waals surface area contributed by atoms with Gasteiger partial charge < -0.3 is 10.1 Å². The quantitative estimate of drug-likeness (QED) is 0.825. The summed E-state index contributed by atoms with van der Waals surface area (Å²) in [5, 5.41) is 3.03. The molecule has 1 aromatic carbocycles. The molecule has 3 heteroatoms. The van der Waals surface area contributed by atoms with Gasteiger partial charge in [-0.2, -0.15) is 0 Å². The molecular formula is C15H22FNO. The van der Waals surface area contributed by atoms with Crippen molar-refractivity contribution in [2.24, 2.45) is 0 Å². The first-order chi connectivity index (χ1) is 8.78. The van der Waals surface area contributed by atoms with Crippen molar-refractivity contribution in [2.75, 3.05) is 7.05 Å². The van der Waals surface area contributed by atoms with Crippen molar-refractivity contribution in [3.63, 3.8) is 0 Å². The Hall–Kier alpha value is -1.09. The summed E-state index contributed by atoms with van der Waals surface area (Å²) in [5.74, 6) is 0.457. The third-order valence-electron chi connectivity index (χ3n) is 3.42. The highest BCUT2D eigenvalue weighted by Crippen LogP contribution is 2.24. The van der Waals surface area contributed by atoms with Crippen LogP contribution in [0.1, 0.15) is 44.1 Å². The number of hydrogen-bond donors (Lipinski definition) is 1. The van der Waals surface area contributed by atoms with Gasteiger partial charge in [-0.1, -0.05) is 12.8 Å². The fraction of sp³-hybridized carbons (Fsp3) is 0.600. The lowest BCUT2D eigenvalue weighted by molar-refractivity contribution is 0.183. The molecular weight excluding hydrogens is 229 g/mol. The van der Waals surface area contributed by atoms with Crippen molar-refractivity contribution in [3.8, 4) is 5.75 Å². The molecule has 0 heterocycles. The molecule has 1 aliphatic rings. The third kappa shape index (κ3) is 3.98. The molecule has 100 valence electrons. The minimum atomic E-state index is -0.216. The van der Waals surface area contributed by atoms with Gasteiger partial charge in [-0.25, -0.2) is 4.39 Å². The van der Waals surface area contributed by atoms with Crippen molar-refractivity contribution >= 4 is 0 Å². The van der Waals surface area contributed by atoms with Crippen molar-refractivity contribution in [2.45, 2.75) is 51.2 Å². The molecule has 2 nitrogen and oxygen atoms in total. The fourth-order valence-corrected chi connectivity index (χ4v) is 2.55. The van der Waals surface area contributed by atoms with Crippen LogP contribution in [0.4, 0.5) is 4.39 Å². The average Bonchev–Trinajstić information content (AvgIpc) is 2.57. The zero-order valence-corrected chi connectivity index (χ0v) is 11.0. The first-order valence-electron chi connectivity index (χ1n) is 6.88. The van der Waals surface area contributed by atoms with Crippen LogP contribution < -0.4 is 10.1 Å². The molecule has 0 saturated heterocycles. The lowest BCUT2D eigenvalue weighted by Gasteiger charge is -2.17. The summed E-state index contributed by atoms with van der Waals surface area (Å²) >= 11 is 0. The van der Waals surface area contributed by atoms with Gasteiger partial charge in [0.15, 0.2) is 0 Å². The van der Waals surface area contributed by atoms with Crippen LogP contribution in [0.5, 0.6) is 5.75 Å². The average molecular weight is 251 g/mol. The molecule has 1 N–H and O–H groups in total. The normalized spacial score (nSPS) is 17.4. The Kier molecular flexibility index (Phi) is 5.00. The number of ether oxygens (including phenoxy) is 1. The number of halogens is 1. The van der Waals surface area contributed by atoms with E-state index in [0.717, 1.165) is 18.4 Å². The van der Waals surface area contributed by atoms with Gasteiger partial charge >= 0.3 is 0 Å². The highest BCUT2D eigenvalue weighted by molar-refractivity contribution is 5.29. The summed E-state index contributed by atoms with van der Waals surface area (Å²) in [6.07, 6.45) is 7.50. The predicted octanol–water partition coefficient (Wildman–Crippen LogP) is 3.65. The van der Waals surface area contributed by atoms with Gasteiger partial charge in [0, 0.05) is 12.6 Å². The van der Waals surface area contributed by atoms with Crippen LogP contribution in [-0.4, -0.2) is 13.2 Å². The minimum absolute atomic E-state index is 0.216. The first kappa shape index (κ1) is 13.3. The van der Waals surface area contributed by atoms with E-state index in [1.54, 1.807) is 6.07 Å². The van der Waals surface area contributed by atoms with Crippen molar-refractivity contribution in [1.82, 2.24) is 5.32 Å². The summed E-state index contributed by atoms with van der Waals surface area (Å²) in [4.78, 5) is 0. The fourth-order valence-electron chi connectivity index (χ4n) is 2.55. The van der Waals surface area contributed by atoms with Gasteiger partial charge in [-0.05, 0) is 50.4 Å². The zero-order valence-electron chi connectivity index (χ0n) is 11.0. The highest BCUT2D eigenvalue weighted by atomic mass is 19.1. The molecule has 1 saturated carbocycles. The Bertz CT molecular complexity index is 373. The lowest BCUT2D eigenvalue weighted by Crippen LogP contribution is -2.15. The summed E-state index contributed by atoms with van der Waals surface area (Å²) in [5.41, 5.74) is 0.932. The second-order valence-corrected chi connectivity index (χ2v) is 5.06. The molecule has 0 atom stereocenters. The van der Waals surface area contributed by atoms with Crippen molar-refractivity contribution in [3.05, 3.63) is 29.6 Å². The van der Waals surface area contributed by atoms with E-state index < -0.39 is 0 Å². The van der Waals surface area contributed by atoms with E-state index in [2.05, 4.69) is 5.32 Å². The SMILES string of the molecule is CNCc1cc(F)cc(OC2CCCCCC2)c1. The van der Waals surface area contributed by atoms with E-state index in [4.69, 9.17) is 4.74 Å². The van der Waals surface area contributed by atoms with Crippen molar-refractivity contribution < 1.29 is 9.13 Å². The largest absolute Gasteiger partial charge is 0.490 e. The second kappa shape index (κ2) is 6.74. The summed E-state index contributed by atoms with van der Waals surface area (Å²) < 4.78 is 19.4. The van der Waals surface area contributed by atoms with Gasteiger partial charge in [0.2, 0.25) is 0 Å². The monoisotopic (exact) mass is 251 g/mol. The standard InChI is InChI=1S/C15H22FNO/c1-17-11-12-8-13(16)10-15(9-12)18-14-6-4-2-3-5-7-14/h8-10,14,17H,2-7,11H2,1H3. The predicted molar refractivity (Wildman–Crippen MR) is 71.3 cm³/mol. The molecule has 1 aromatic rings. The Morgan fingerprint density at radius 3 is 2.56 bits per heavy atom. The minimum Gasteiger partial charge on any atom is -0.490 e. The van der Waals surface area contributed by atoms with E-state index in [9.17, 15) is 4.39 Å². The number of nitrogens with one attached hydrogen (secondary N) is 1. The summed E-state index contributed by atoms with van der Waals surface area (Å²) in [6.45, 7) is 0.665. The molecule has 0 aromatic heterocycles. The van der Waals surface area contributed by atoms with Crippen LogP contribution in [0.2, 0.25) is 0 Å². The first-order valence-corrected chi connectivity index (χ1v) is 6.88. The maximum atomic E-state index is 13.5. The van der Waals surface area contributed by atoms with E-state index >= 15 is 0 Å². The Labute approximate surface area is 109 Å². The van der Waals surface area contributed by atoms with E-state index in [-0.39, 0.29) is 11.9 Å². The Morgan fingerprint density at radius 1 is 1.17 bits per heavy atom. The van der Waals surface area contributed by atoms with Crippen LogP contribution >= 0.6 is 0 Å². The van der Waals surface area contributed by atoms with Crippen LogP contribution in [-0.2, 0) is 6.54 Å². The van der Waals surface area contributed by atoms with Gasteiger partial charge in [-0.3, -0.25) is 0 Å². The van der Waals surface area contributed by atoms with Gasteiger partial charge in [0.05, 0.1) is 6.10 Å². The molecule has 1 fully saturated rings. The molecule has 2 rings (SSSR count). The van der Waals surface area contributed by atoms with E-state index in [1.165, 1.54) is 31.7 Å². The van der Waals surface area contributed by atoms with Crippen LogP contribution in [0.15, 0.2) is 18.2 Å². The Morgan fingerprint density at radius 2 is 1.89 bits per heavy atom. The maximum Gasteiger partial charge on any atom is 0.127 e. The second-order valence-electron chi connectivity index (χ2n) is 5.06. The summed E-state index contributed by atoms with van der Waals surface area (Å²) in [6, 6.07) is 4.98. The number of hydrogen-bond acceptors (Lipinski definition) is 2.